The monoisotopic (exact) mass is 306 g/mol. The van der Waals surface area contributed by atoms with Crippen molar-refractivity contribution in [3.05, 3.63) is 69.4 Å². The van der Waals surface area contributed by atoms with E-state index in [2.05, 4.69) is 15.9 Å². The first-order chi connectivity index (χ1) is 8.60. The van der Waals surface area contributed by atoms with E-state index in [1.165, 1.54) is 0 Å². The second-order valence-corrected chi connectivity index (χ2v) is 5.61. The van der Waals surface area contributed by atoms with Crippen molar-refractivity contribution in [2.75, 3.05) is 0 Å². The van der Waals surface area contributed by atoms with Gasteiger partial charge in [0.2, 0.25) is 0 Å². The standard InChI is InChI=1S/C15H12BrFO/c16-13-7-3-6-12(14(13)17)15(18)8-10-4-1-2-5-11(10)9-15/h1-7,18H,8-9H2. The summed E-state index contributed by atoms with van der Waals surface area (Å²) in [4.78, 5) is 0. The van der Waals surface area contributed by atoms with Crippen LogP contribution in [0.25, 0.3) is 0 Å². The van der Waals surface area contributed by atoms with Gasteiger partial charge >= 0.3 is 0 Å². The zero-order chi connectivity index (χ0) is 12.8. The van der Waals surface area contributed by atoms with E-state index < -0.39 is 5.60 Å². The Kier molecular flexibility index (Phi) is 2.76. The molecule has 3 rings (SSSR count). The summed E-state index contributed by atoms with van der Waals surface area (Å²) >= 11 is 3.17. The van der Waals surface area contributed by atoms with E-state index in [9.17, 15) is 9.50 Å². The van der Waals surface area contributed by atoms with Crippen LogP contribution in [-0.2, 0) is 18.4 Å². The smallest absolute Gasteiger partial charge is 0.143 e. The molecule has 0 radical (unpaired) electrons. The summed E-state index contributed by atoms with van der Waals surface area (Å²) in [7, 11) is 0. The molecular weight excluding hydrogens is 295 g/mol. The second kappa shape index (κ2) is 4.18. The summed E-state index contributed by atoms with van der Waals surface area (Å²) in [5, 5.41) is 10.7. The molecule has 2 aromatic carbocycles. The lowest BCUT2D eigenvalue weighted by molar-refractivity contribution is 0.0443. The number of hydrogen-bond donors (Lipinski definition) is 1. The summed E-state index contributed by atoms with van der Waals surface area (Å²) in [6.07, 6.45) is 0.938. The summed E-state index contributed by atoms with van der Waals surface area (Å²) < 4.78 is 14.5. The maximum absolute atomic E-state index is 14.1. The van der Waals surface area contributed by atoms with Gasteiger partial charge in [-0.3, -0.25) is 0 Å². The van der Waals surface area contributed by atoms with Crippen LogP contribution in [0.15, 0.2) is 46.9 Å². The van der Waals surface area contributed by atoms with Gasteiger partial charge in [0.05, 0.1) is 4.47 Å². The maximum Gasteiger partial charge on any atom is 0.143 e. The first-order valence-corrected chi connectivity index (χ1v) is 6.63. The molecule has 1 aliphatic carbocycles. The molecule has 0 saturated heterocycles. The average Bonchev–Trinajstić information content (AvgIpc) is 2.69. The fraction of sp³-hybridized carbons (Fsp3) is 0.200. The highest BCUT2D eigenvalue weighted by Crippen LogP contribution is 2.39. The van der Waals surface area contributed by atoms with E-state index in [1.807, 2.05) is 24.3 Å². The molecule has 1 aliphatic rings. The normalized spacial score (nSPS) is 16.6. The lowest BCUT2D eigenvalue weighted by atomic mass is 9.90. The van der Waals surface area contributed by atoms with Crippen LogP contribution in [-0.4, -0.2) is 5.11 Å². The molecule has 2 aromatic rings. The summed E-state index contributed by atoms with van der Waals surface area (Å²) in [5.74, 6) is -0.368. The molecule has 0 amide bonds. The van der Waals surface area contributed by atoms with Gasteiger partial charge in [0, 0.05) is 18.4 Å². The molecule has 0 heterocycles. The molecule has 0 unspecified atom stereocenters. The van der Waals surface area contributed by atoms with E-state index >= 15 is 0 Å². The largest absolute Gasteiger partial charge is 0.384 e. The molecule has 3 heteroatoms. The Bertz CT molecular complexity index is 584. The molecule has 0 bridgehead atoms. The van der Waals surface area contributed by atoms with Crippen LogP contribution in [0.5, 0.6) is 0 Å². The van der Waals surface area contributed by atoms with Crippen LogP contribution in [0.3, 0.4) is 0 Å². The SMILES string of the molecule is OC1(c2cccc(Br)c2F)Cc2ccccc2C1. The number of benzene rings is 2. The van der Waals surface area contributed by atoms with Gasteiger partial charge in [0.15, 0.2) is 0 Å². The molecule has 92 valence electrons. The number of rotatable bonds is 1. The van der Waals surface area contributed by atoms with E-state index in [0.29, 0.717) is 22.9 Å². The molecule has 0 aliphatic heterocycles. The Balaban J connectivity index is 2.07. The third-order valence-electron chi connectivity index (χ3n) is 3.54. The predicted octanol–water partition coefficient (Wildman–Crippen LogP) is 3.57. The molecule has 18 heavy (non-hydrogen) atoms. The third kappa shape index (κ3) is 1.78. The minimum absolute atomic E-state index is 0.368. The molecule has 0 aromatic heterocycles. The minimum atomic E-state index is -1.13. The average molecular weight is 307 g/mol. The fourth-order valence-corrected chi connectivity index (χ4v) is 3.01. The lowest BCUT2D eigenvalue weighted by Gasteiger charge is -2.23. The number of aliphatic hydroxyl groups is 1. The minimum Gasteiger partial charge on any atom is -0.384 e. The predicted molar refractivity (Wildman–Crippen MR) is 71.8 cm³/mol. The fourth-order valence-electron chi connectivity index (χ4n) is 2.65. The number of hydrogen-bond acceptors (Lipinski definition) is 1. The van der Waals surface area contributed by atoms with Crippen molar-refractivity contribution in [1.29, 1.82) is 0 Å². The molecule has 0 spiro atoms. The Morgan fingerprint density at radius 1 is 1.00 bits per heavy atom. The van der Waals surface area contributed by atoms with Crippen molar-refractivity contribution in [2.45, 2.75) is 18.4 Å². The highest BCUT2D eigenvalue weighted by Gasteiger charge is 2.38. The van der Waals surface area contributed by atoms with Crippen molar-refractivity contribution in [3.8, 4) is 0 Å². The first kappa shape index (κ1) is 11.9. The Hall–Kier alpha value is -1.19. The van der Waals surface area contributed by atoms with Crippen molar-refractivity contribution >= 4 is 15.9 Å². The van der Waals surface area contributed by atoms with Crippen molar-refractivity contribution in [3.63, 3.8) is 0 Å². The molecule has 0 saturated carbocycles. The zero-order valence-corrected chi connectivity index (χ0v) is 11.2. The lowest BCUT2D eigenvalue weighted by Crippen LogP contribution is -2.27. The van der Waals surface area contributed by atoms with Crippen molar-refractivity contribution < 1.29 is 9.50 Å². The van der Waals surface area contributed by atoms with Gasteiger partial charge in [0.25, 0.3) is 0 Å². The van der Waals surface area contributed by atoms with E-state index in [1.54, 1.807) is 18.2 Å². The molecule has 1 nitrogen and oxygen atoms in total. The molecule has 0 atom stereocenters. The Morgan fingerprint density at radius 2 is 1.61 bits per heavy atom. The van der Waals surface area contributed by atoms with Crippen LogP contribution in [0.4, 0.5) is 4.39 Å². The quantitative estimate of drug-likeness (QED) is 0.854. The van der Waals surface area contributed by atoms with Gasteiger partial charge in [-0.15, -0.1) is 0 Å². The first-order valence-electron chi connectivity index (χ1n) is 5.84. The van der Waals surface area contributed by atoms with Crippen LogP contribution in [0.2, 0.25) is 0 Å². The van der Waals surface area contributed by atoms with Gasteiger partial charge in [-0.25, -0.2) is 4.39 Å². The van der Waals surface area contributed by atoms with Crippen molar-refractivity contribution in [1.82, 2.24) is 0 Å². The molecular formula is C15H12BrFO. The van der Waals surface area contributed by atoms with E-state index in [4.69, 9.17) is 0 Å². The van der Waals surface area contributed by atoms with Crippen LogP contribution >= 0.6 is 15.9 Å². The topological polar surface area (TPSA) is 20.2 Å². The number of halogens is 2. The summed E-state index contributed by atoms with van der Waals surface area (Å²) in [6, 6.07) is 12.9. The summed E-state index contributed by atoms with van der Waals surface area (Å²) in [5.41, 5.74) is 1.43. The van der Waals surface area contributed by atoms with Crippen LogP contribution in [0, 0.1) is 5.82 Å². The number of fused-ring (bicyclic) bond motifs is 1. The van der Waals surface area contributed by atoms with Crippen LogP contribution in [0.1, 0.15) is 16.7 Å². The van der Waals surface area contributed by atoms with Gasteiger partial charge in [-0.05, 0) is 33.1 Å². The molecule has 0 fully saturated rings. The van der Waals surface area contributed by atoms with Gasteiger partial charge in [0.1, 0.15) is 11.4 Å². The maximum atomic E-state index is 14.1. The van der Waals surface area contributed by atoms with E-state index in [0.717, 1.165) is 11.1 Å². The van der Waals surface area contributed by atoms with Crippen LogP contribution < -0.4 is 0 Å². The highest BCUT2D eigenvalue weighted by molar-refractivity contribution is 9.10. The summed E-state index contributed by atoms with van der Waals surface area (Å²) in [6.45, 7) is 0. The van der Waals surface area contributed by atoms with E-state index in [-0.39, 0.29) is 5.82 Å². The van der Waals surface area contributed by atoms with Gasteiger partial charge in [-0.1, -0.05) is 36.4 Å². The van der Waals surface area contributed by atoms with Crippen molar-refractivity contribution in [2.24, 2.45) is 0 Å². The molecule has 1 N–H and O–H groups in total. The third-order valence-corrected chi connectivity index (χ3v) is 4.15. The zero-order valence-electron chi connectivity index (χ0n) is 9.66. The van der Waals surface area contributed by atoms with Gasteiger partial charge < -0.3 is 5.11 Å². The van der Waals surface area contributed by atoms with Gasteiger partial charge in [-0.2, -0.15) is 0 Å². The highest BCUT2D eigenvalue weighted by atomic mass is 79.9. The second-order valence-electron chi connectivity index (χ2n) is 4.76. The Labute approximate surface area is 113 Å². The Morgan fingerprint density at radius 3 is 2.22 bits per heavy atom.